The van der Waals surface area contributed by atoms with E-state index in [9.17, 15) is 4.79 Å². The number of piperidine rings is 1. The number of benzene rings is 1. The minimum atomic E-state index is 0.129. The van der Waals surface area contributed by atoms with E-state index >= 15 is 0 Å². The molecule has 2 heterocycles. The molecule has 1 amide bonds. The first kappa shape index (κ1) is 16.8. The van der Waals surface area contributed by atoms with Crippen molar-refractivity contribution in [3.63, 3.8) is 0 Å². The van der Waals surface area contributed by atoms with Gasteiger partial charge in [0.1, 0.15) is 5.75 Å². The van der Waals surface area contributed by atoms with Crippen molar-refractivity contribution in [3.8, 4) is 17.2 Å². The van der Waals surface area contributed by atoms with E-state index in [0.29, 0.717) is 28.7 Å². The summed E-state index contributed by atoms with van der Waals surface area (Å²) in [6.45, 7) is 2.95. The number of amides is 1. The molecule has 24 heavy (non-hydrogen) atoms. The van der Waals surface area contributed by atoms with Gasteiger partial charge >= 0.3 is 0 Å². The lowest BCUT2D eigenvalue weighted by molar-refractivity contribution is -0.131. The summed E-state index contributed by atoms with van der Waals surface area (Å²) in [6, 6.07) is 7.79. The number of para-hydroxylation sites is 1. The van der Waals surface area contributed by atoms with Crippen LogP contribution in [-0.4, -0.2) is 46.5 Å². The first-order valence-corrected chi connectivity index (χ1v) is 9.06. The first-order chi connectivity index (χ1) is 11.7. The molecule has 1 aromatic carbocycles. The van der Waals surface area contributed by atoms with Crippen LogP contribution in [0.5, 0.6) is 5.75 Å². The van der Waals surface area contributed by atoms with Crippen LogP contribution in [-0.2, 0) is 4.79 Å². The van der Waals surface area contributed by atoms with Crippen LogP contribution >= 0.6 is 11.8 Å². The van der Waals surface area contributed by atoms with E-state index in [1.807, 2.05) is 29.2 Å². The second-order valence-electron chi connectivity index (χ2n) is 5.79. The largest absolute Gasteiger partial charge is 0.496 e. The van der Waals surface area contributed by atoms with Gasteiger partial charge in [0.25, 0.3) is 11.1 Å². The van der Waals surface area contributed by atoms with E-state index < -0.39 is 0 Å². The molecule has 1 saturated heterocycles. The second-order valence-corrected chi connectivity index (χ2v) is 6.72. The van der Waals surface area contributed by atoms with Crippen LogP contribution in [0, 0.1) is 0 Å². The molecule has 3 rings (SSSR count). The summed E-state index contributed by atoms with van der Waals surface area (Å²) in [5, 5.41) is 8.48. The Kier molecular flexibility index (Phi) is 5.40. The lowest BCUT2D eigenvalue weighted by Gasteiger charge is -2.33. The van der Waals surface area contributed by atoms with E-state index in [0.717, 1.165) is 24.9 Å². The molecule has 0 radical (unpaired) electrons. The molecule has 6 nitrogen and oxygen atoms in total. The number of aromatic nitrogens is 2. The number of hydrogen-bond donors (Lipinski definition) is 0. The fourth-order valence-corrected chi connectivity index (χ4v) is 3.52. The molecule has 1 unspecified atom stereocenters. The van der Waals surface area contributed by atoms with Gasteiger partial charge in [-0.15, -0.1) is 10.2 Å². The standard InChI is InChI=1S/C17H21N3O3S/c1-12-7-5-6-10-20(12)15(21)11-24-17-19-18-16(23-17)13-8-3-4-9-14(13)22-2/h3-4,8-9,12H,5-7,10-11H2,1-2H3. The highest BCUT2D eigenvalue weighted by atomic mass is 32.2. The Balaban J connectivity index is 1.63. The van der Waals surface area contributed by atoms with Crippen molar-refractivity contribution < 1.29 is 13.9 Å². The fraction of sp³-hybridized carbons (Fsp3) is 0.471. The predicted molar refractivity (Wildman–Crippen MR) is 92.0 cm³/mol. The Bertz CT molecular complexity index is 704. The number of hydrogen-bond acceptors (Lipinski definition) is 6. The molecule has 1 fully saturated rings. The highest BCUT2D eigenvalue weighted by Gasteiger charge is 2.23. The zero-order valence-corrected chi connectivity index (χ0v) is 14.7. The van der Waals surface area contributed by atoms with Crippen LogP contribution in [0.25, 0.3) is 11.5 Å². The van der Waals surface area contributed by atoms with Gasteiger partial charge in [-0.2, -0.15) is 0 Å². The van der Waals surface area contributed by atoms with E-state index in [1.54, 1.807) is 7.11 Å². The number of carbonyl (C=O) groups is 1. The van der Waals surface area contributed by atoms with Gasteiger partial charge in [-0.25, -0.2) is 0 Å². The third-order valence-electron chi connectivity index (χ3n) is 4.19. The number of nitrogens with zero attached hydrogens (tertiary/aromatic N) is 3. The second kappa shape index (κ2) is 7.70. The molecule has 2 aromatic rings. The summed E-state index contributed by atoms with van der Waals surface area (Å²) < 4.78 is 11.0. The molecule has 1 aliphatic heterocycles. The topological polar surface area (TPSA) is 68.5 Å². The monoisotopic (exact) mass is 347 g/mol. The van der Waals surface area contributed by atoms with E-state index in [-0.39, 0.29) is 5.91 Å². The first-order valence-electron chi connectivity index (χ1n) is 8.08. The molecule has 1 aromatic heterocycles. The SMILES string of the molecule is COc1ccccc1-c1nnc(SCC(=O)N2CCCCC2C)o1. The average Bonchev–Trinajstić information content (AvgIpc) is 3.09. The van der Waals surface area contributed by atoms with Gasteiger partial charge in [0, 0.05) is 12.6 Å². The summed E-state index contributed by atoms with van der Waals surface area (Å²) in [6.07, 6.45) is 3.36. The van der Waals surface area contributed by atoms with Crippen LogP contribution in [0.15, 0.2) is 33.9 Å². The summed E-state index contributed by atoms with van der Waals surface area (Å²) in [5.74, 6) is 1.52. The zero-order chi connectivity index (χ0) is 16.9. The predicted octanol–water partition coefficient (Wildman–Crippen LogP) is 3.24. The highest BCUT2D eigenvalue weighted by Crippen LogP contribution is 2.30. The summed E-state index contributed by atoms with van der Waals surface area (Å²) in [4.78, 5) is 14.3. The van der Waals surface area contributed by atoms with E-state index in [2.05, 4.69) is 17.1 Å². The van der Waals surface area contributed by atoms with Gasteiger partial charge in [-0.1, -0.05) is 23.9 Å². The van der Waals surface area contributed by atoms with Crippen LogP contribution in [0.1, 0.15) is 26.2 Å². The van der Waals surface area contributed by atoms with Gasteiger partial charge in [-0.3, -0.25) is 4.79 Å². The fourth-order valence-electron chi connectivity index (χ4n) is 2.87. The average molecular weight is 347 g/mol. The Morgan fingerprint density at radius 3 is 3.00 bits per heavy atom. The molecular weight excluding hydrogens is 326 g/mol. The molecule has 1 atom stereocenters. The summed E-state index contributed by atoms with van der Waals surface area (Å²) in [7, 11) is 1.60. The number of rotatable bonds is 5. The Morgan fingerprint density at radius 2 is 2.21 bits per heavy atom. The summed E-state index contributed by atoms with van der Waals surface area (Å²) >= 11 is 1.28. The van der Waals surface area contributed by atoms with E-state index in [1.165, 1.54) is 18.2 Å². The van der Waals surface area contributed by atoms with E-state index in [4.69, 9.17) is 9.15 Å². The number of likely N-dealkylation sites (tertiary alicyclic amines) is 1. The van der Waals surface area contributed by atoms with Crippen molar-refractivity contribution in [2.75, 3.05) is 19.4 Å². The minimum Gasteiger partial charge on any atom is -0.496 e. The van der Waals surface area contributed by atoms with Crippen molar-refractivity contribution in [3.05, 3.63) is 24.3 Å². The number of thioether (sulfide) groups is 1. The van der Waals surface area contributed by atoms with Crippen LogP contribution in [0.2, 0.25) is 0 Å². The third-order valence-corrected chi connectivity index (χ3v) is 4.99. The number of ether oxygens (including phenoxy) is 1. The molecular formula is C17H21N3O3S. The molecule has 1 aliphatic rings. The molecule has 0 aliphatic carbocycles. The van der Waals surface area contributed by atoms with Crippen molar-refractivity contribution in [2.45, 2.75) is 37.5 Å². The molecule has 128 valence electrons. The molecule has 0 bridgehead atoms. The van der Waals surface area contributed by atoms with Gasteiger partial charge in [0.2, 0.25) is 5.91 Å². The lowest BCUT2D eigenvalue weighted by Crippen LogP contribution is -2.42. The Labute approximate surface area is 145 Å². The van der Waals surface area contributed by atoms with Gasteiger partial charge in [0.05, 0.1) is 18.4 Å². The highest BCUT2D eigenvalue weighted by molar-refractivity contribution is 7.99. The Morgan fingerprint density at radius 1 is 1.38 bits per heavy atom. The zero-order valence-electron chi connectivity index (χ0n) is 13.9. The quantitative estimate of drug-likeness (QED) is 0.774. The van der Waals surface area contributed by atoms with Gasteiger partial charge in [-0.05, 0) is 38.3 Å². The molecule has 0 spiro atoms. The van der Waals surface area contributed by atoms with Crippen molar-refractivity contribution in [1.29, 1.82) is 0 Å². The van der Waals surface area contributed by atoms with Gasteiger partial charge < -0.3 is 14.1 Å². The molecule has 0 N–H and O–H groups in total. The summed E-state index contributed by atoms with van der Waals surface area (Å²) in [5.41, 5.74) is 0.746. The van der Waals surface area contributed by atoms with Crippen LogP contribution in [0.3, 0.4) is 0 Å². The van der Waals surface area contributed by atoms with Gasteiger partial charge in [0.15, 0.2) is 0 Å². The third kappa shape index (κ3) is 3.72. The molecule has 7 heteroatoms. The minimum absolute atomic E-state index is 0.129. The Hall–Kier alpha value is -2.02. The number of methoxy groups -OCH3 is 1. The smallest absolute Gasteiger partial charge is 0.277 e. The molecule has 0 saturated carbocycles. The van der Waals surface area contributed by atoms with Crippen molar-refractivity contribution >= 4 is 17.7 Å². The maximum atomic E-state index is 12.4. The maximum Gasteiger partial charge on any atom is 0.277 e. The van der Waals surface area contributed by atoms with Crippen LogP contribution < -0.4 is 4.74 Å². The number of carbonyl (C=O) groups excluding carboxylic acids is 1. The normalized spacial score (nSPS) is 17.8. The lowest BCUT2D eigenvalue weighted by atomic mass is 10.0. The maximum absolute atomic E-state index is 12.4. The van der Waals surface area contributed by atoms with Crippen molar-refractivity contribution in [2.24, 2.45) is 0 Å². The van der Waals surface area contributed by atoms with Crippen molar-refractivity contribution in [1.82, 2.24) is 15.1 Å². The van der Waals surface area contributed by atoms with Crippen LogP contribution in [0.4, 0.5) is 0 Å².